The molecule has 0 aliphatic heterocycles. The average Bonchev–Trinajstić information content (AvgIpc) is 2.44. The van der Waals surface area contributed by atoms with Crippen molar-refractivity contribution in [3.05, 3.63) is 32.3 Å². The molecule has 0 heterocycles. The van der Waals surface area contributed by atoms with Gasteiger partial charge in [0.25, 0.3) is 5.91 Å². The first kappa shape index (κ1) is 17.0. The quantitative estimate of drug-likeness (QED) is 0.589. The number of hydrogen-bond acceptors (Lipinski definition) is 5. The summed E-state index contributed by atoms with van der Waals surface area (Å²) in [4.78, 5) is 23.2. The maximum Gasteiger partial charge on any atom is 0.312 e. The molecule has 0 fully saturated rings. The van der Waals surface area contributed by atoms with Crippen LogP contribution in [0.3, 0.4) is 0 Å². The Balaban J connectivity index is 2.80. The predicted molar refractivity (Wildman–Crippen MR) is 76.5 cm³/mol. The van der Waals surface area contributed by atoms with Gasteiger partial charge in [-0.15, -0.1) is 0 Å². The van der Waals surface area contributed by atoms with Crippen LogP contribution < -0.4 is 4.74 Å². The Morgan fingerprint density at radius 3 is 2.67 bits per heavy atom. The first-order valence-corrected chi connectivity index (χ1v) is 6.49. The fourth-order valence-corrected chi connectivity index (χ4v) is 1.68. The third kappa shape index (κ3) is 4.77. The van der Waals surface area contributed by atoms with Crippen molar-refractivity contribution < 1.29 is 14.5 Å². The second-order valence-corrected chi connectivity index (χ2v) is 4.82. The number of nitro groups is 1. The molecule has 0 bridgehead atoms. The van der Waals surface area contributed by atoms with Crippen LogP contribution in [0.4, 0.5) is 5.69 Å². The number of nitrogens with zero attached hydrogens (tertiary/aromatic N) is 3. The topological polar surface area (TPSA) is 96.5 Å². The number of ether oxygens (including phenoxy) is 1. The van der Waals surface area contributed by atoms with E-state index in [2.05, 4.69) is 0 Å². The minimum absolute atomic E-state index is 0.0215. The van der Waals surface area contributed by atoms with Crippen molar-refractivity contribution in [1.29, 1.82) is 5.26 Å². The maximum atomic E-state index is 11.7. The van der Waals surface area contributed by atoms with Gasteiger partial charge in [-0.2, -0.15) is 5.26 Å². The third-order valence-corrected chi connectivity index (χ3v) is 3.26. The van der Waals surface area contributed by atoms with Crippen molar-refractivity contribution in [2.45, 2.75) is 6.42 Å². The molecule has 0 saturated heterocycles. The van der Waals surface area contributed by atoms with Crippen LogP contribution in [0, 0.1) is 21.4 Å². The lowest BCUT2D eigenvalue weighted by molar-refractivity contribution is -0.385. The van der Waals surface area contributed by atoms with Gasteiger partial charge in [0.1, 0.15) is 0 Å². The van der Waals surface area contributed by atoms with Crippen LogP contribution in [0.25, 0.3) is 0 Å². The first-order valence-electron chi connectivity index (χ1n) is 5.74. The van der Waals surface area contributed by atoms with Crippen molar-refractivity contribution in [2.24, 2.45) is 0 Å². The number of halogens is 2. The van der Waals surface area contributed by atoms with Gasteiger partial charge in [-0.25, -0.2) is 0 Å². The number of carbonyl (C=O) groups is 1. The molecule has 0 aromatic heterocycles. The van der Waals surface area contributed by atoms with E-state index in [0.717, 1.165) is 6.07 Å². The van der Waals surface area contributed by atoms with Crippen molar-refractivity contribution in [1.82, 2.24) is 4.90 Å². The number of nitriles is 1. The van der Waals surface area contributed by atoms with Crippen LogP contribution in [0.2, 0.25) is 10.0 Å². The van der Waals surface area contributed by atoms with Gasteiger partial charge in [0.05, 0.1) is 27.5 Å². The lowest BCUT2D eigenvalue weighted by atomic mass is 10.3. The van der Waals surface area contributed by atoms with E-state index in [1.165, 1.54) is 18.0 Å². The summed E-state index contributed by atoms with van der Waals surface area (Å²) in [6, 6.07) is 4.15. The Labute approximate surface area is 130 Å². The van der Waals surface area contributed by atoms with E-state index in [0.29, 0.717) is 0 Å². The fourth-order valence-electron chi connectivity index (χ4n) is 1.37. The summed E-state index contributed by atoms with van der Waals surface area (Å²) in [5.41, 5.74) is -0.378. The monoisotopic (exact) mass is 331 g/mol. The minimum atomic E-state index is -0.679. The van der Waals surface area contributed by atoms with Gasteiger partial charge < -0.3 is 9.64 Å². The molecule has 1 aromatic carbocycles. The lowest BCUT2D eigenvalue weighted by Gasteiger charge is -2.15. The van der Waals surface area contributed by atoms with Crippen LogP contribution in [-0.2, 0) is 4.79 Å². The minimum Gasteiger partial charge on any atom is -0.477 e. The highest BCUT2D eigenvalue weighted by Crippen LogP contribution is 2.35. The third-order valence-electron chi connectivity index (χ3n) is 2.53. The van der Waals surface area contributed by atoms with Crippen LogP contribution >= 0.6 is 23.2 Å². The van der Waals surface area contributed by atoms with E-state index in [-0.39, 0.29) is 34.4 Å². The highest BCUT2D eigenvalue weighted by atomic mass is 35.5. The number of benzene rings is 1. The van der Waals surface area contributed by atoms with Gasteiger partial charge in [-0.3, -0.25) is 14.9 Å². The van der Waals surface area contributed by atoms with Crippen LogP contribution in [0.15, 0.2) is 12.1 Å². The molecule has 1 rings (SSSR count). The van der Waals surface area contributed by atoms with Gasteiger partial charge in [-0.05, 0) is 0 Å². The van der Waals surface area contributed by atoms with Gasteiger partial charge >= 0.3 is 5.69 Å². The largest absolute Gasteiger partial charge is 0.477 e. The molecule has 0 saturated carbocycles. The van der Waals surface area contributed by atoms with E-state index >= 15 is 0 Å². The lowest BCUT2D eigenvalue weighted by Crippen LogP contribution is -2.32. The zero-order valence-corrected chi connectivity index (χ0v) is 12.5. The summed E-state index contributed by atoms with van der Waals surface area (Å²) in [5.74, 6) is -0.554. The molecule has 21 heavy (non-hydrogen) atoms. The summed E-state index contributed by atoms with van der Waals surface area (Å²) >= 11 is 11.5. The van der Waals surface area contributed by atoms with Crippen LogP contribution in [0.1, 0.15) is 6.42 Å². The fraction of sp³-hybridized carbons (Fsp3) is 0.333. The van der Waals surface area contributed by atoms with E-state index in [1.807, 2.05) is 6.07 Å². The number of rotatable bonds is 6. The van der Waals surface area contributed by atoms with Crippen molar-refractivity contribution in [3.63, 3.8) is 0 Å². The highest BCUT2D eigenvalue weighted by molar-refractivity contribution is 6.42. The highest BCUT2D eigenvalue weighted by Gasteiger charge is 2.20. The van der Waals surface area contributed by atoms with E-state index in [1.54, 1.807) is 0 Å². The molecular formula is C12H11Cl2N3O4. The Morgan fingerprint density at radius 2 is 2.10 bits per heavy atom. The van der Waals surface area contributed by atoms with Crippen LogP contribution in [0.5, 0.6) is 5.75 Å². The van der Waals surface area contributed by atoms with Gasteiger partial charge in [-0.1, -0.05) is 23.2 Å². The summed E-state index contributed by atoms with van der Waals surface area (Å²) < 4.78 is 5.14. The Morgan fingerprint density at radius 1 is 1.48 bits per heavy atom. The molecule has 0 aliphatic carbocycles. The smallest absolute Gasteiger partial charge is 0.312 e. The van der Waals surface area contributed by atoms with Gasteiger partial charge in [0, 0.05) is 25.7 Å². The van der Waals surface area contributed by atoms with E-state index < -0.39 is 17.4 Å². The summed E-state index contributed by atoms with van der Waals surface area (Å²) in [6.07, 6.45) is 0.190. The molecule has 0 aliphatic rings. The molecule has 112 valence electrons. The molecule has 0 spiro atoms. The molecule has 0 unspecified atom stereocenters. The molecule has 0 radical (unpaired) electrons. The molecule has 0 atom stereocenters. The zero-order chi connectivity index (χ0) is 16.0. The number of carbonyl (C=O) groups excluding carboxylic acids is 1. The summed E-state index contributed by atoms with van der Waals surface area (Å²) in [5, 5.41) is 19.4. The number of hydrogen-bond donors (Lipinski definition) is 0. The molecule has 7 nitrogen and oxygen atoms in total. The maximum absolute atomic E-state index is 11.7. The Kier molecular flexibility index (Phi) is 6.21. The zero-order valence-electron chi connectivity index (χ0n) is 11.0. The SMILES string of the molecule is CN(CCC#N)C(=O)COc1cc(Cl)c(Cl)cc1[N+](=O)[O-]. The standard InChI is InChI=1S/C12H11Cl2N3O4/c1-16(4-2-3-15)12(18)7-21-11-6-9(14)8(13)5-10(11)17(19)20/h5-6H,2,4,7H2,1H3. The van der Waals surface area contributed by atoms with Gasteiger partial charge in [0.15, 0.2) is 12.4 Å². The molecule has 9 heteroatoms. The Hall–Kier alpha value is -2.04. The summed E-state index contributed by atoms with van der Waals surface area (Å²) in [7, 11) is 1.51. The van der Waals surface area contributed by atoms with E-state index in [9.17, 15) is 14.9 Å². The average molecular weight is 332 g/mol. The van der Waals surface area contributed by atoms with Crippen molar-refractivity contribution in [2.75, 3.05) is 20.2 Å². The molecule has 1 amide bonds. The van der Waals surface area contributed by atoms with Crippen LogP contribution in [-0.4, -0.2) is 35.9 Å². The first-order chi connectivity index (χ1) is 9.86. The molecular weight excluding hydrogens is 321 g/mol. The van der Waals surface area contributed by atoms with E-state index in [4.69, 9.17) is 33.2 Å². The second kappa shape index (κ2) is 7.67. The van der Waals surface area contributed by atoms with Crippen molar-refractivity contribution >= 4 is 34.8 Å². The number of likely N-dealkylation sites (N-methyl/N-ethyl adjacent to an activating group) is 1. The second-order valence-electron chi connectivity index (χ2n) is 4.00. The Bertz CT molecular complexity index is 601. The normalized spacial score (nSPS) is 9.81. The number of nitro benzene ring substituents is 1. The summed E-state index contributed by atoms with van der Waals surface area (Å²) in [6.45, 7) is -0.150. The van der Waals surface area contributed by atoms with Gasteiger partial charge in [0.2, 0.25) is 0 Å². The number of amides is 1. The van der Waals surface area contributed by atoms with Crippen molar-refractivity contribution in [3.8, 4) is 11.8 Å². The molecule has 1 aromatic rings. The molecule has 0 N–H and O–H groups in total. The predicted octanol–water partition coefficient (Wildman–Crippen LogP) is 2.65.